The molecule has 2 aromatic heterocycles. The number of para-hydroxylation sites is 1. The van der Waals surface area contributed by atoms with E-state index in [4.69, 9.17) is 5.41 Å². The Balaban J connectivity index is 2.37. The van der Waals surface area contributed by atoms with Gasteiger partial charge in [-0.1, -0.05) is 18.2 Å². The lowest BCUT2D eigenvalue weighted by Crippen LogP contribution is -2.10. The first-order valence-electron chi connectivity index (χ1n) is 4.87. The second kappa shape index (κ2) is 3.30. The van der Waals surface area contributed by atoms with Crippen LogP contribution < -0.4 is 5.49 Å². The Morgan fingerprint density at radius 3 is 2.81 bits per heavy atom. The van der Waals surface area contributed by atoms with Gasteiger partial charge in [-0.2, -0.15) is 5.10 Å². The second-order valence-corrected chi connectivity index (χ2v) is 3.43. The van der Waals surface area contributed by atoms with Gasteiger partial charge in [0.1, 0.15) is 12.0 Å². The molecule has 0 aliphatic carbocycles. The van der Waals surface area contributed by atoms with Crippen molar-refractivity contribution in [1.29, 1.82) is 5.41 Å². The SMILES string of the molecule is N=c1ncn(-c2ccccc2)c2[nH]ncc12. The molecular formula is C11H9N5. The predicted octanol–water partition coefficient (Wildman–Crippen LogP) is 1.23. The molecule has 0 fully saturated rings. The molecule has 16 heavy (non-hydrogen) atoms. The first kappa shape index (κ1) is 8.84. The number of hydrogen-bond acceptors (Lipinski definition) is 3. The van der Waals surface area contributed by atoms with Crippen LogP contribution in [0.2, 0.25) is 0 Å². The molecule has 0 aliphatic rings. The highest BCUT2D eigenvalue weighted by Gasteiger charge is 2.04. The van der Waals surface area contributed by atoms with Crippen LogP contribution in [0.4, 0.5) is 0 Å². The van der Waals surface area contributed by atoms with Crippen molar-refractivity contribution >= 4 is 11.0 Å². The van der Waals surface area contributed by atoms with Crippen molar-refractivity contribution in [2.75, 3.05) is 0 Å². The molecule has 2 heterocycles. The van der Waals surface area contributed by atoms with Crippen molar-refractivity contribution in [1.82, 2.24) is 19.7 Å². The lowest BCUT2D eigenvalue weighted by Gasteiger charge is -2.06. The van der Waals surface area contributed by atoms with Crippen LogP contribution in [0.3, 0.4) is 0 Å². The van der Waals surface area contributed by atoms with Crippen LogP contribution in [0.25, 0.3) is 16.7 Å². The highest BCUT2D eigenvalue weighted by atomic mass is 15.2. The highest BCUT2D eigenvalue weighted by Crippen LogP contribution is 2.11. The molecule has 0 saturated carbocycles. The van der Waals surface area contributed by atoms with E-state index in [-0.39, 0.29) is 5.49 Å². The summed E-state index contributed by atoms with van der Waals surface area (Å²) in [5.41, 5.74) is 2.01. The minimum Gasteiger partial charge on any atom is -0.285 e. The molecule has 3 rings (SSSR count). The van der Waals surface area contributed by atoms with Gasteiger partial charge in [-0.25, -0.2) is 4.98 Å². The first-order valence-corrected chi connectivity index (χ1v) is 4.87. The lowest BCUT2D eigenvalue weighted by atomic mass is 10.3. The minimum absolute atomic E-state index is 0.232. The quantitative estimate of drug-likeness (QED) is 0.635. The van der Waals surface area contributed by atoms with Crippen LogP contribution in [0.15, 0.2) is 42.9 Å². The van der Waals surface area contributed by atoms with Crippen molar-refractivity contribution < 1.29 is 0 Å². The van der Waals surface area contributed by atoms with Gasteiger partial charge < -0.3 is 0 Å². The standard InChI is InChI=1S/C11H9N5/c12-10-9-6-14-15-11(9)16(7-13-10)8-4-2-1-3-5-8/h1-7,12H,(H,14,15). The summed E-state index contributed by atoms with van der Waals surface area (Å²) >= 11 is 0. The molecule has 0 spiro atoms. The van der Waals surface area contributed by atoms with Gasteiger partial charge in [0.2, 0.25) is 0 Å². The van der Waals surface area contributed by atoms with Gasteiger partial charge in [0.25, 0.3) is 0 Å². The molecule has 78 valence electrons. The van der Waals surface area contributed by atoms with Gasteiger partial charge in [-0.3, -0.25) is 15.1 Å². The van der Waals surface area contributed by atoms with Gasteiger partial charge in [0.05, 0.1) is 11.6 Å². The van der Waals surface area contributed by atoms with E-state index in [9.17, 15) is 0 Å². The van der Waals surface area contributed by atoms with Crippen molar-refractivity contribution in [2.24, 2.45) is 0 Å². The molecule has 5 nitrogen and oxygen atoms in total. The van der Waals surface area contributed by atoms with Crippen molar-refractivity contribution in [3.8, 4) is 5.69 Å². The number of fused-ring (bicyclic) bond motifs is 1. The lowest BCUT2D eigenvalue weighted by molar-refractivity contribution is 0.959. The maximum atomic E-state index is 7.66. The monoisotopic (exact) mass is 211 g/mol. The van der Waals surface area contributed by atoms with Gasteiger partial charge in [-0.15, -0.1) is 0 Å². The molecule has 0 unspecified atom stereocenters. The Bertz CT molecular complexity index is 680. The summed E-state index contributed by atoms with van der Waals surface area (Å²) in [6.45, 7) is 0. The summed E-state index contributed by atoms with van der Waals surface area (Å²) in [7, 11) is 0. The molecular weight excluding hydrogens is 202 g/mol. The van der Waals surface area contributed by atoms with E-state index >= 15 is 0 Å². The van der Waals surface area contributed by atoms with E-state index < -0.39 is 0 Å². The number of aromatic nitrogens is 4. The van der Waals surface area contributed by atoms with Crippen LogP contribution in [-0.2, 0) is 0 Å². The fourth-order valence-electron chi connectivity index (χ4n) is 1.66. The maximum Gasteiger partial charge on any atom is 0.158 e. The molecule has 5 heteroatoms. The summed E-state index contributed by atoms with van der Waals surface area (Å²) in [6.07, 6.45) is 3.24. The van der Waals surface area contributed by atoms with E-state index in [1.165, 1.54) is 0 Å². The largest absolute Gasteiger partial charge is 0.285 e. The van der Waals surface area contributed by atoms with E-state index in [0.717, 1.165) is 11.3 Å². The molecule has 0 saturated heterocycles. The van der Waals surface area contributed by atoms with Crippen molar-refractivity contribution in [2.45, 2.75) is 0 Å². The second-order valence-electron chi connectivity index (χ2n) is 3.43. The molecule has 1 aromatic carbocycles. The van der Waals surface area contributed by atoms with Crippen LogP contribution in [0.5, 0.6) is 0 Å². The molecule has 2 N–H and O–H groups in total. The van der Waals surface area contributed by atoms with Crippen LogP contribution >= 0.6 is 0 Å². The number of benzene rings is 1. The summed E-state index contributed by atoms with van der Waals surface area (Å²) in [5.74, 6) is 0. The third-order valence-corrected chi connectivity index (χ3v) is 2.45. The number of H-pyrrole nitrogens is 1. The summed E-state index contributed by atoms with van der Waals surface area (Å²) < 4.78 is 1.88. The topological polar surface area (TPSA) is 70.3 Å². The third-order valence-electron chi connectivity index (χ3n) is 2.45. The summed E-state index contributed by atoms with van der Waals surface area (Å²) in [5, 5.41) is 15.2. The van der Waals surface area contributed by atoms with E-state index in [1.54, 1.807) is 12.5 Å². The van der Waals surface area contributed by atoms with Gasteiger partial charge in [-0.05, 0) is 12.1 Å². The Kier molecular flexibility index (Phi) is 1.83. The Morgan fingerprint density at radius 2 is 2.00 bits per heavy atom. The Hall–Kier alpha value is -2.43. The maximum absolute atomic E-state index is 7.66. The molecule has 0 aliphatic heterocycles. The number of rotatable bonds is 1. The van der Waals surface area contributed by atoms with Crippen molar-refractivity contribution in [3.05, 3.63) is 48.3 Å². The zero-order valence-electron chi connectivity index (χ0n) is 8.38. The average Bonchev–Trinajstić information content (AvgIpc) is 2.81. The number of hydrogen-bond donors (Lipinski definition) is 2. The van der Waals surface area contributed by atoms with Crippen LogP contribution in [0.1, 0.15) is 0 Å². The number of nitrogens with zero attached hydrogens (tertiary/aromatic N) is 3. The molecule has 0 bridgehead atoms. The normalized spacial score (nSPS) is 10.8. The highest BCUT2D eigenvalue weighted by molar-refractivity contribution is 5.74. The van der Waals surface area contributed by atoms with E-state index in [2.05, 4.69) is 15.2 Å². The Labute approximate surface area is 90.9 Å². The minimum atomic E-state index is 0.232. The molecule has 3 aromatic rings. The van der Waals surface area contributed by atoms with E-state index in [0.29, 0.717) is 5.39 Å². The van der Waals surface area contributed by atoms with Crippen molar-refractivity contribution in [3.63, 3.8) is 0 Å². The zero-order chi connectivity index (χ0) is 11.0. The number of aromatic amines is 1. The van der Waals surface area contributed by atoms with Crippen LogP contribution in [-0.4, -0.2) is 19.7 Å². The smallest absolute Gasteiger partial charge is 0.158 e. The molecule has 0 amide bonds. The molecule has 0 radical (unpaired) electrons. The van der Waals surface area contributed by atoms with Gasteiger partial charge >= 0.3 is 0 Å². The summed E-state index contributed by atoms with van der Waals surface area (Å²) in [4.78, 5) is 4.03. The first-order chi connectivity index (χ1) is 7.86. The third kappa shape index (κ3) is 1.22. The average molecular weight is 211 g/mol. The van der Waals surface area contributed by atoms with Gasteiger partial charge in [0, 0.05) is 5.69 Å². The van der Waals surface area contributed by atoms with E-state index in [1.807, 2.05) is 34.9 Å². The Morgan fingerprint density at radius 1 is 1.19 bits per heavy atom. The fraction of sp³-hybridized carbons (Fsp3) is 0. The van der Waals surface area contributed by atoms with Gasteiger partial charge in [0.15, 0.2) is 5.49 Å². The summed E-state index contributed by atoms with van der Waals surface area (Å²) in [6, 6.07) is 9.83. The zero-order valence-corrected chi connectivity index (χ0v) is 8.38. The van der Waals surface area contributed by atoms with Crippen LogP contribution in [0, 0.1) is 5.41 Å². The molecule has 0 atom stereocenters. The number of nitrogens with one attached hydrogen (secondary N) is 2. The fourth-order valence-corrected chi connectivity index (χ4v) is 1.66. The predicted molar refractivity (Wildman–Crippen MR) is 59.1 cm³/mol.